The lowest BCUT2D eigenvalue weighted by molar-refractivity contribution is -0.121. The highest BCUT2D eigenvalue weighted by Crippen LogP contribution is 2.20. The van der Waals surface area contributed by atoms with Crippen molar-refractivity contribution in [2.45, 2.75) is 32.0 Å². The molecule has 0 radical (unpaired) electrons. The lowest BCUT2D eigenvalue weighted by Gasteiger charge is -2.12. The Labute approximate surface area is 114 Å². The van der Waals surface area contributed by atoms with Crippen LogP contribution in [0.2, 0.25) is 0 Å². The van der Waals surface area contributed by atoms with Crippen LogP contribution in [-0.4, -0.2) is 10.6 Å². The first-order valence-corrected chi connectivity index (χ1v) is 7.05. The number of hydrogen-bond acceptors (Lipinski definition) is 1. The van der Waals surface area contributed by atoms with Gasteiger partial charge in [0.2, 0.25) is 0 Å². The Balaban J connectivity index is 2.73. The van der Waals surface area contributed by atoms with Crippen molar-refractivity contribution in [3.63, 3.8) is 0 Å². The van der Waals surface area contributed by atoms with Gasteiger partial charge in [0.1, 0.15) is 5.78 Å². The minimum Gasteiger partial charge on any atom is -0.298 e. The molecule has 0 spiro atoms. The molecule has 3 heteroatoms. The van der Waals surface area contributed by atoms with Gasteiger partial charge in [-0.25, -0.2) is 0 Å². The molecule has 0 fully saturated rings. The zero-order valence-electron chi connectivity index (χ0n) is 9.76. The van der Waals surface area contributed by atoms with Crippen molar-refractivity contribution in [2.24, 2.45) is 5.92 Å². The number of carbonyl (C=O) groups excluding carboxylic acids is 1. The Morgan fingerprint density at radius 3 is 2.50 bits per heavy atom. The smallest absolute Gasteiger partial charge is 0.149 e. The van der Waals surface area contributed by atoms with Gasteiger partial charge in [0.25, 0.3) is 0 Å². The Kier molecular flexibility index (Phi) is 5.19. The van der Waals surface area contributed by atoms with Crippen molar-refractivity contribution < 1.29 is 4.79 Å². The molecule has 1 nitrogen and oxygen atoms in total. The fourth-order valence-corrected chi connectivity index (χ4v) is 2.65. The van der Waals surface area contributed by atoms with Crippen molar-refractivity contribution in [3.8, 4) is 0 Å². The molecule has 0 aromatic heterocycles. The highest BCUT2D eigenvalue weighted by atomic mass is 79.9. The van der Waals surface area contributed by atoms with E-state index in [0.29, 0.717) is 0 Å². The molecule has 0 aliphatic heterocycles. The number of halogens is 2. The summed E-state index contributed by atoms with van der Waals surface area (Å²) in [5.74, 6) is 0.349. The number of alkyl halides is 1. The maximum Gasteiger partial charge on any atom is 0.149 e. The normalized spacial score (nSPS) is 12.9. The van der Waals surface area contributed by atoms with E-state index in [9.17, 15) is 4.79 Å². The summed E-state index contributed by atoms with van der Waals surface area (Å²) in [5, 5.41) is 0. The summed E-state index contributed by atoms with van der Waals surface area (Å²) in [6.45, 7) is 5.92. The molecule has 0 heterocycles. The summed E-state index contributed by atoms with van der Waals surface area (Å²) < 4.78 is 1.11. The number of carbonyl (C=O) groups is 1. The summed E-state index contributed by atoms with van der Waals surface area (Å²) in [7, 11) is 0. The van der Waals surface area contributed by atoms with E-state index in [1.165, 1.54) is 11.1 Å². The van der Waals surface area contributed by atoms with Crippen LogP contribution in [0.3, 0.4) is 0 Å². The topological polar surface area (TPSA) is 17.1 Å². The van der Waals surface area contributed by atoms with E-state index in [-0.39, 0.29) is 16.5 Å². The number of aryl methyl sites for hydroxylation is 1. The van der Waals surface area contributed by atoms with E-state index < -0.39 is 0 Å². The molecule has 1 rings (SSSR count). The molecule has 1 aromatic rings. The first-order chi connectivity index (χ1) is 7.41. The zero-order chi connectivity index (χ0) is 12.3. The molecule has 0 saturated heterocycles. The van der Waals surface area contributed by atoms with Gasteiger partial charge < -0.3 is 0 Å². The second-order valence-corrected chi connectivity index (χ2v) is 6.27. The first-order valence-electron chi connectivity index (χ1n) is 5.34. The maximum atomic E-state index is 11.7. The number of Topliss-reactive ketones (excluding diaryl/α,β-unsaturated/α-hetero) is 1. The summed E-state index contributed by atoms with van der Waals surface area (Å²) in [6.07, 6.45) is 0.755. The molecule has 0 saturated carbocycles. The molecule has 0 N–H and O–H groups in total. The summed E-state index contributed by atoms with van der Waals surface area (Å²) >= 11 is 6.93. The van der Waals surface area contributed by atoms with E-state index in [1.54, 1.807) is 0 Å². The van der Waals surface area contributed by atoms with Crippen molar-refractivity contribution >= 4 is 37.6 Å². The molecule has 0 aliphatic carbocycles. The van der Waals surface area contributed by atoms with Gasteiger partial charge in [-0.15, -0.1) is 0 Å². The highest BCUT2D eigenvalue weighted by Gasteiger charge is 2.18. The van der Waals surface area contributed by atoms with Gasteiger partial charge in [0.15, 0.2) is 0 Å². The number of ketones is 1. The van der Waals surface area contributed by atoms with E-state index in [1.807, 2.05) is 19.9 Å². The number of rotatable bonds is 4. The van der Waals surface area contributed by atoms with Gasteiger partial charge in [-0.1, -0.05) is 57.8 Å². The quantitative estimate of drug-likeness (QED) is 0.742. The van der Waals surface area contributed by atoms with Crippen LogP contribution in [0.25, 0.3) is 0 Å². The molecular weight excluding hydrogens is 332 g/mol. The largest absolute Gasteiger partial charge is 0.298 e. The second-order valence-electron chi connectivity index (χ2n) is 4.31. The van der Waals surface area contributed by atoms with Crippen LogP contribution in [0.15, 0.2) is 22.7 Å². The van der Waals surface area contributed by atoms with Crippen LogP contribution in [-0.2, 0) is 11.2 Å². The molecule has 1 aromatic carbocycles. The van der Waals surface area contributed by atoms with Crippen molar-refractivity contribution in [3.05, 3.63) is 33.8 Å². The fourth-order valence-electron chi connectivity index (χ4n) is 1.50. The van der Waals surface area contributed by atoms with E-state index in [2.05, 4.69) is 50.9 Å². The summed E-state index contributed by atoms with van der Waals surface area (Å²) in [6, 6.07) is 6.20. The average molecular weight is 348 g/mol. The van der Waals surface area contributed by atoms with E-state index in [0.717, 1.165) is 10.9 Å². The first kappa shape index (κ1) is 13.9. The zero-order valence-corrected chi connectivity index (χ0v) is 12.9. The Hall–Kier alpha value is -0.150. The summed E-state index contributed by atoms with van der Waals surface area (Å²) in [5.41, 5.74) is 2.39. The third kappa shape index (κ3) is 3.70. The highest BCUT2D eigenvalue weighted by molar-refractivity contribution is 9.10. The minimum atomic E-state index is -0.0759. The predicted octanol–water partition coefficient (Wildman–Crippen LogP) is 4.29. The van der Waals surface area contributed by atoms with Crippen molar-refractivity contribution in [1.29, 1.82) is 0 Å². The van der Waals surface area contributed by atoms with Crippen LogP contribution in [0, 0.1) is 12.8 Å². The molecule has 1 unspecified atom stereocenters. The Morgan fingerprint density at radius 2 is 2.00 bits per heavy atom. The van der Waals surface area contributed by atoms with Crippen LogP contribution >= 0.6 is 31.9 Å². The van der Waals surface area contributed by atoms with Crippen LogP contribution < -0.4 is 0 Å². The van der Waals surface area contributed by atoms with Gasteiger partial charge in [-0.2, -0.15) is 0 Å². The van der Waals surface area contributed by atoms with E-state index in [4.69, 9.17) is 0 Å². The Morgan fingerprint density at radius 1 is 1.38 bits per heavy atom. The minimum absolute atomic E-state index is 0.0759. The molecule has 0 bridgehead atoms. The van der Waals surface area contributed by atoms with Crippen LogP contribution in [0.1, 0.15) is 25.0 Å². The molecule has 88 valence electrons. The lowest BCUT2D eigenvalue weighted by atomic mass is 10.00. The summed E-state index contributed by atoms with van der Waals surface area (Å²) in [4.78, 5) is 11.7. The molecule has 0 aliphatic rings. The third-order valence-electron chi connectivity index (χ3n) is 2.52. The molecular formula is C13H16Br2O. The van der Waals surface area contributed by atoms with Crippen molar-refractivity contribution in [1.82, 2.24) is 0 Å². The van der Waals surface area contributed by atoms with Crippen molar-refractivity contribution in [2.75, 3.05) is 0 Å². The molecule has 0 amide bonds. The number of hydrogen-bond donors (Lipinski definition) is 0. The average Bonchev–Trinajstić information content (AvgIpc) is 2.22. The standard InChI is InChI=1S/C13H16Br2O/c1-8(2)13(16)12(15)7-10-4-5-11(14)9(3)6-10/h4-6,8,12H,7H2,1-3H3. The third-order valence-corrected chi connectivity index (χ3v) is 4.18. The Bertz CT molecular complexity index is 386. The van der Waals surface area contributed by atoms with Gasteiger partial charge in [0, 0.05) is 10.4 Å². The van der Waals surface area contributed by atoms with E-state index >= 15 is 0 Å². The predicted molar refractivity (Wildman–Crippen MR) is 75.1 cm³/mol. The van der Waals surface area contributed by atoms with Gasteiger partial charge in [-0.3, -0.25) is 4.79 Å². The van der Waals surface area contributed by atoms with Gasteiger partial charge in [0.05, 0.1) is 4.83 Å². The second kappa shape index (κ2) is 5.97. The maximum absolute atomic E-state index is 11.7. The molecule has 1 atom stereocenters. The SMILES string of the molecule is Cc1cc(CC(Br)C(=O)C(C)C)ccc1Br. The molecule has 16 heavy (non-hydrogen) atoms. The fraction of sp³-hybridized carbons (Fsp3) is 0.462. The van der Waals surface area contributed by atoms with Crippen LogP contribution in [0.5, 0.6) is 0 Å². The van der Waals surface area contributed by atoms with Gasteiger partial charge in [-0.05, 0) is 30.5 Å². The number of benzene rings is 1. The van der Waals surface area contributed by atoms with Crippen LogP contribution in [0.4, 0.5) is 0 Å². The van der Waals surface area contributed by atoms with Gasteiger partial charge >= 0.3 is 0 Å². The monoisotopic (exact) mass is 346 g/mol. The lowest BCUT2D eigenvalue weighted by Crippen LogP contribution is -2.21.